The highest BCUT2D eigenvalue weighted by molar-refractivity contribution is 6.33. The summed E-state index contributed by atoms with van der Waals surface area (Å²) in [5.41, 5.74) is 4.80. The van der Waals surface area contributed by atoms with Gasteiger partial charge in [0.1, 0.15) is 11.6 Å². The fraction of sp³-hybridized carbons (Fsp3) is 0.455. The Bertz CT molecular complexity index is 1510. The van der Waals surface area contributed by atoms with Crippen molar-refractivity contribution in [2.24, 2.45) is 0 Å². The Labute approximate surface area is 252 Å². The van der Waals surface area contributed by atoms with Crippen molar-refractivity contribution in [3.8, 4) is 11.1 Å². The number of imidazole rings is 1. The molecule has 4 aromatic rings. The Balaban J connectivity index is 1.09. The van der Waals surface area contributed by atoms with E-state index in [9.17, 15) is 4.39 Å². The van der Waals surface area contributed by atoms with E-state index in [-0.39, 0.29) is 11.4 Å². The summed E-state index contributed by atoms with van der Waals surface area (Å²) < 4.78 is 21.3. The molecule has 1 saturated carbocycles. The van der Waals surface area contributed by atoms with Gasteiger partial charge in [-0.25, -0.2) is 14.4 Å². The highest BCUT2D eigenvalue weighted by Crippen LogP contribution is 2.32. The van der Waals surface area contributed by atoms with E-state index in [0.717, 1.165) is 92.1 Å². The molecule has 0 spiro atoms. The van der Waals surface area contributed by atoms with Gasteiger partial charge in [-0.1, -0.05) is 29.8 Å². The van der Waals surface area contributed by atoms with Crippen molar-refractivity contribution in [1.29, 1.82) is 0 Å². The minimum Gasteiger partial charge on any atom is -0.379 e. The van der Waals surface area contributed by atoms with E-state index in [1.54, 1.807) is 24.7 Å². The molecular weight excluding hydrogens is 551 g/mol. The van der Waals surface area contributed by atoms with Crippen molar-refractivity contribution in [3.63, 3.8) is 0 Å². The van der Waals surface area contributed by atoms with E-state index >= 15 is 0 Å². The summed E-state index contributed by atoms with van der Waals surface area (Å²) in [5.74, 6) is 0.603. The summed E-state index contributed by atoms with van der Waals surface area (Å²) in [6, 6.07) is 15.8. The molecular formula is C33H40ClFN6O. The van der Waals surface area contributed by atoms with E-state index in [0.29, 0.717) is 23.7 Å². The van der Waals surface area contributed by atoms with Crippen LogP contribution in [-0.2, 0) is 11.3 Å². The first-order valence-corrected chi connectivity index (χ1v) is 15.4. The van der Waals surface area contributed by atoms with E-state index in [1.165, 1.54) is 6.07 Å². The summed E-state index contributed by atoms with van der Waals surface area (Å²) in [6.45, 7) is 9.87. The Morgan fingerprint density at radius 1 is 1.00 bits per heavy atom. The van der Waals surface area contributed by atoms with Crippen molar-refractivity contribution >= 4 is 28.5 Å². The molecule has 0 amide bonds. The molecule has 222 valence electrons. The molecule has 2 aliphatic rings. The summed E-state index contributed by atoms with van der Waals surface area (Å²) in [6.07, 6.45) is 8.01. The predicted octanol–water partition coefficient (Wildman–Crippen LogP) is 6.36. The van der Waals surface area contributed by atoms with Gasteiger partial charge in [-0.05, 0) is 81.0 Å². The van der Waals surface area contributed by atoms with Gasteiger partial charge < -0.3 is 19.9 Å². The molecule has 1 aliphatic heterocycles. The maximum atomic E-state index is 13.7. The Kier molecular flexibility index (Phi) is 8.77. The number of anilines is 1. The van der Waals surface area contributed by atoms with Crippen LogP contribution in [0.15, 0.2) is 61.1 Å². The van der Waals surface area contributed by atoms with Crippen molar-refractivity contribution in [2.75, 3.05) is 38.2 Å². The predicted molar refractivity (Wildman–Crippen MR) is 168 cm³/mol. The first kappa shape index (κ1) is 29.1. The normalized spacial score (nSPS) is 20.2. The summed E-state index contributed by atoms with van der Waals surface area (Å²) >= 11 is 6.66. The summed E-state index contributed by atoms with van der Waals surface area (Å²) in [7, 11) is 0. The summed E-state index contributed by atoms with van der Waals surface area (Å²) in [4.78, 5) is 11.7. The molecule has 2 aromatic carbocycles. The van der Waals surface area contributed by atoms with Crippen LogP contribution in [0.3, 0.4) is 0 Å². The topological polar surface area (TPSA) is 67.2 Å². The van der Waals surface area contributed by atoms with Crippen LogP contribution in [0.5, 0.6) is 0 Å². The second kappa shape index (κ2) is 12.7. The number of fused-ring (bicyclic) bond motifs is 1. The largest absolute Gasteiger partial charge is 0.379 e. The van der Waals surface area contributed by atoms with Crippen LogP contribution in [0.4, 0.5) is 10.2 Å². The number of aromatic nitrogens is 3. The number of hydrogen-bond donors (Lipinski definition) is 2. The third-order valence-electron chi connectivity index (χ3n) is 8.80. The molecule has 0 unspecified atom stereocenters. The molecule has 0 radical (unpaired) electrons. The van der Waals surface area contributed by atoms with Gasteiger partial charge in [0.25, 0.3) is 0 Å². The number of nitrogens with zero attached hydrogens (tertiary/aromatic N) is 4. The number of nitrogens with one attached hydrogen (secondary N) is 2. The van der Waals surface area contributed by atoms with Gasteiger partial charge >= 0.3 is 0 Å². The molecule has 2 aromatic heterocycles. The zero-order chi connectivity index (χ0) is 29.1. The average Bonchev–Trinajstić information content (AvgIpc) is 3.40. The lowest BCUT2D eigenvalue weighted by atomic mass is 9.90. The molecule has 2 N–H and O–H groups in total. The molecule has 7 nitrogen and oxygen atoms in total. The third kappa shape index (κ3) is 6.78. The van der Waals surface area contributed by atoms with Gasteiger partial charge in [0.15, 0.2) is 0 Å². The standard InChI is InChI=1S/C33H40ClFN6O/c1-33(2,41-12-14-42-15-13-41)21-37-26-7-9-27(10-8-26)39-32-18-28(29(34)19-36-32)24-6-11-30-31(17-24)40(22-38-30)20-23-4-3-5-25(35)16-23/h3-6,11,16-19,22,26-27,37H,7-10,12-15,20-21H2,1-2H3,(H,36,39)/t26-,27-. The lowest BCUT2D eigenvalue weighted by molar-refractivity contribution is -0.0107. The first-order valence-electron chi connectivity index (χ1n) is 15.0. The van der Waals surface area contributed by atoms with Gasteiger partial charge in [-0.3, -0.25) is 4.90 Å². The molecule has 2 fully saturated rings. The number of morpholine rings is 1. The van der Waals surface area contributed by atoms with Gasteiger partial charge in [0.2, 0.25) is 0 Å². The number of benzene rings is 2. The van der Waals surface area contributed by atoms with Crippen LogP contribution in [0.1, 0.15) is 45.1 Å². The number of ether oxygens (including phenoxy) is 1. The molecule has 0 atom stereocenters. The van der Waals surface area contributed by atoms with Crippen molar-refractivity contribution in [1.82, 2.24) is 24.8 Å². The second-order valence-electron chi connectivity index (χ2n) is 12.2. The van der Waals surface area contributed by atoms with Crippen molar-refractivity contribution in [3.05, 3.63) is 77.5 Å². The highest BCUT2D eigenvalue weighted by Gasteiger charge is 2.30. The van der Waals surface area contributed by atoms with Crippen molar-refractivity contribution < 1.29 is 9.13 Å². The first-order chi connectivity index (χ1) is 20.3. The minimum absolute atomic E-state index is 0.128. The van der Waals surface area contributed by atoms with Gasteiger partial charge in [-0.2, -0.15) is 0 Å². The molecule has 42 heavy (non-hydrogen) atoms. The van der Waals surface area contributed by atoms with E-state index in [1.807, 2.05) is 28.8 Å². The number of halogens is 2. The van der Waals surface area contributed by atoms with Crippen LogP contribution < -0.4 is 10.6 Å². The molecule has 3 heterocycles. The zero-order valence-electron chi connectivity index (χ0n) is 24.5. The van der Waals surface area contributed by atoms with Crippen molar-refractivity contribution in [2.45, 2.75) is 63.7 Å². The monoisotopic (exact) mass is 590 g/mol. The number of hydrogen-bond acceptors (Lipinski definition) is 6. The second-order valence-corrected chi connectivity index (χ2v) is 12.6. The fourth-order valence-electron chi connectivity index (χ4n) is 6.25. The average molecular weight is 591 g/mol. The zero-order valence-corrected chi connectivity index (χ0v) is 25.2. The molecule has 6 rings (SSSR count). The quantitative estimate of drug-likeness (QED) is 0.236. The molecule has 1 aliphatic carbocycles. The number of rotatable bonds is 9. The lowest BCUT2D eigenvalue weighted by Crippen LogP contribution is -2.56. The van der Waals surface area contributed by atoms with Gasteiger partial charge in [0.05, 0.1) is 35.6 Å². The molecule has 0 bridgehead atoms. The maximum absolute atomic E-state index is 13.7. The molecule has 1 saturated heterocycles. The van der Waals surface area contributed by atoms with Gasteiger partial charge in [0, 0.05) is 55.6 Å². The van der Waals surface area contributed by atoms with Crippen LogP contribution >= 0.6 is 11.6 Å². The summed E-state index contributed by atoms with van der Waals surface area (Å²) in [5, 5.41) is 8.12. The van der Waals surface area contributed by atoms with Gasteiger partial charge in [-0.15, -0.1) is 0 Å². The minimum atomic E-state index is -0.237. The lowest BCUT2D eigenvalue weighted by Gasteiger charge is -2.42. The number of pyridine rings is 1. The highest BCUT2D eigenvalue weighted by atomic mass is 35.5. The third-order valence-corrected chi connectivity index (χ3v) is 9.10. The Morgan fingerprint density at radius 2 is 1.79 bits per heavy atom. The fourth-order valence-corrected chi connectivity index (χ4v) is 6.46. The van der Waals surface area contributed by atoms with E-state index in [4.69, 9.17) is 16.3 Å². The maximum Gasteiger partial charge on any atom is 0.126 e. The van der Waals surface area contributed by atoms with Crippen LogP contribution in [-0.4, -0.2) is 69.9 Å². The Morgan fingerprint density at radius 3 is 2.57 bits per heavy atom. The van der Waals surface area contributed by atoms with E-state index in [2.05, 4.69) is 45.4 Å². The van der Waals surface area contributed by atoms with Crippen LogP contribution in [0, 0.1) is 5.82 Å². The molecule has 9 heteroatoms. The van der Waals surface area contributed by atoms with Crippen LogP contribution in [0.25, 0.3) is 22.2 Å². The van der Waals surface area contributed by atoms with E-state index < -0.39 is 0 Å². The smallest absolute Gasteiger partial charge is 0.126 e. The SMILES string of the molecule is CC(C)(CN[C@H]1CC[C@H](Nc2cc(-c3ccc4ncn(Cc5cccc(F)c5)c4c3)c(Cl)cn2)CC1)N1CCOCC1. The Hall–Kier alpha value is -3.04. The van der Waals surface area contributed by atoms with Crippen LogP contribution in [0.2, 0.25) is 5.02 Å².